The molecule has 0 aliphatic carbocycles. The number of carbonyl (C=O) groups is 2. The lowest BCUT2D eigenvalue weighted by atomic mass is 9.79. The quantitative estimate of drug-likeness (QED) is 0.823. The minimum atomic E-state index is -0.900. The van der Waals surface area contributed by atoms with Gasteiger partial charge in [-0.1, -0.05) is 28.9 Å². The van der Waals surface area contributed by atoms with Crippen LogP contribution in [-0.4, -0.2) is 28.2 Å². The van der Waals surface area contributed by atoms with Crippen molar-refractivity contribution in [2.45, 2.75) is 45.1 Å². The Morgan fingerprint density at radius 2 is 2.04 bits per heavy atom. The number of ketones is 1. The molecule has 0 spiro atoms. The van der Waals surface area contributed by atoms with Crippen molar-refractivity contribution in [3.63, 3.8) is 0 Å². The summed E-state index contributed by atoms with van der Waals surface area (Å²) in [4.78, 5) is 28.0. The van der Waals surface area contributed by atoms with Gasteiger partial charge in [0.1, 0.15) is 11.4 Å². The number of carboxylic acid groups (broad SMARTS) is 1. The van der Waals surface area contributed by atoms with Gasteiger partial charge in [0.05, 0.1) is 12.1 Å². The topological polar surface area (TPSA) is 76.0 Å². The molecule has 0 aromatic heterocycles. The van der Waals surface area contributed by atoms with Gasteiger partial charge >= 0.3 is 5.97 Å². The number of carboxylic acids is 1. The maximum atomic E-state index is 11.2. The zero-order chi connectivity index (χ0) is 17.0. The van der Waals surface area contributed by atoms with E-state index in [-0.39, 0.29) is 18.1 Å². The number of halogens is 1. The van der Waals surface area contributed by atoms with Crippen LogP contribution in [0, 0.1) is 5.92 Å². The number of hydrogen-bond acceptors (Lipinski definition) is 4. The van der Waals surface area contributed by atoms with E-state index < -0.39 is 11.6 Å². The number of aliphatic carboxylic acids is 1. The first-order chi connectivity index (χ1) is 10.8. The third-order valence-electron chi connectivity index (χ3n) is 4.19. The van der Waals surface area contributed by atoms with E-state index in [1.54, 1.807) is 12.1 Å². The Hall–Kier alpha value is -1.88. The number of oxime groups is 1. The van der Waals surface area contributed by atoms with Gasteiger partial charge in [0, 0.05) is 23.8 Å². The summed E-state index contributed by atoms with van der Waals surface area (Å²) in [6, 6.07) is 7.27. The first-order valence-electron chi connectivity index (χ1n) is 7.52. The molecule has 1 aliphatic heterocycles. The second-order valence-electron chi connectivity index (χ2n) is 6.16. The summed E-state index contributed by atoms with van der Waals surface area (Å²) in [5.41, 5.74) is 0.948. The smallest absolute Gasteiger partial charge is 0.303 e. The van der Waals surface area contributed by atoms with Gasteiger partial charge in [-0.15, -0.1) is 0 Å². The highest BCUT2D eigenvalue weighted by Crippen LogP contribution is 2.37. The number of Topliss-reactive ketones (excluding diaryl/α,β-unsaturated/α-hetero) is 1. The fourth-order valence-electron chi connectivity index (χ4n) is 2.78. The number of benzene rings is 1. The van der Waals surface area contributed by atoms with Gasteiger partial charge in [-0.2, -0.15) is 0 Å². The lowest BCUT2D eigenvalue weighted by Gasteiger charge is -2.30. The molecule has 1 aliphatic rings. The zero-order valence-electron chi connectivity index (χ0n) is 13.2. The predicted molar refractivity (Wildman–Crippen MR) is 87.8 cm³/mol. The molecule has 1 N–H and O–H groups in total. The predicted octanol–water partition coefficient (Wildman–Crippen LogP) is 3.68. The van der Waals surface area contributed by atoms with Crippen LogP contribution in [0.25, 0.3) is 0 Å². The molecule has 0 fully saturated rings. The molecule has 5 nitrogen and oxygen atoms in total. The number of nitrogens with zero attached hydrogens (tertiary/aromatic N) is 1. The van der Waals surface area contributed by atoms with E-state index in [2.05, 4.69) is 5.16 Å². The highest BCUT2D eigenvalue weighted by molar-refractivity contribution is 6.30. The maximum Gasteiger partial charge on any atom is 0.303 e. The molecule has 2 unspecified atom stereocenters. The Balaban J connectivity index is 2.12. The van der Waals surface area contributed by atoms with Crippen molar-refractivity contribution in [2.75, 3.05) is 0 Å². The molecule has 0 amide bonds. The Bertz CT molecular complexity index is 626. The molecule has 0 saturated carbocycles. The van der Waals surface area contributed by atoms with Crippen LogP contribution < -0.4 is 0 Å². The normalized spacial score (nSPS) is 21.4. The van der Waals surface area contributed by atoms with Gasteiger partial charge in [0.15, 0.2) is 0 Å². The largest absolute Gasteiger partial charge is 0.481 e. The SMILES string of the molecule is CC(=O)CCC(CC(=O)O)C1(C)CC(c2ccc(Cl)cc2)=NO1. The van der Waals surface area contributed by atoms with E-state index in [4.69, 9.17) is 21.5 Å². The molecule has 0 bridgehead atoms. The van der Waals surface area contributed by atoms with Crippen molar-refractivity contribution < 1.29 is 19.5 Å². The summed E-state index contributed by atoms with van der Waals surface area (Å²) in [5, 5.41) is 13.9. The van der Waals surface area contributed by atoms with E-state index in [0.717, 1.165) is 11.3 Å². The third kappa shape index (κ3) is 4.55. The van der Waals surface area contributed by atoms with Crippen molar-refractivity contribution in [2.24, 2.45) is 11.1 Å². The number of carbonyl (C=O) groups excluding carboxylic acids is 1. The minimum absolute atomic E-state index is 0.0424. The zero-order valence-corrected chi connectivity index (χ0v) is 14.0. The van der Waals surface area contributed by atoms with Crippen molar-refractivity contribution in [3.8, 4) is 0 Å². The van der Waals surface area contributed by atoms with Crippen LogP contribution in [0.5, 0.6) is 0 Å². The summed E-state index contributed by atoms with van der Waals surface area (Å²) in [6.45, 7) is 3.36. The average Bonchev–Trinajstić information content (AvgIpc) is 2.87. The van der Waals surface area contributed by atoms with E-state index in [1.807, 2.05) is 19.1 Å². The second-order valence-corrected chi connectivity index (χ2v) is 6.60. The molecule has 2 atom stereocenters. The molecule has 1 aromatic rings. The molecule has 1 aromatic carbocycles. The van der Waals surface area contributed by atoms with E-state index in [9.17, 15) is 9.59 Å². The summed E-state index contributed by atoms with van der Waals surface area (Å²) in [7, 11) is 0. The van der Waals surface area contributed by atoms with Crippen molar-refractivity contribution in [3.05, 3.63) is 34.9 Å². The van der Waals surface area contributed by atoms with E-state index >= 15 is 0 Å². The van der Waals surface area contributed by atoms with Crippen LogP contribution in [0.3, 0.4) is 0 Å². The Kier molecular flexibility index (Phi) is 5.42. The summed E-state index contributed by atoms with van der Waals surface area (Å²) >= 11 is 5.88. The minimum Gasteiger partial charge on any atom is -0.481 e. The standard InChI is InChI=1S/C17H20ClNO4/c1-11(20)3-6-13(9-16(21)22)17(2)10-15(19-23-17)12-4-7-14(18)8-5-12/h4-5,7-8,13H,3,6,9-10H2,1-2H3,(H,21,22). The lowest BCUT2D eigenvalue weighted by Crippen LogP contribution is -2.37. The lowest BCUT2D eigenvalue weighted by molar-refractivity contribution is -0.142. The van der Waals surface area contributed by atoms with Crippen LogP contribution >= 0.6 is 11.6 Å². The van der Waals surface area contributed by atoms with Gasteiger partial charge in [-0.05, 0) is 38.0 Å². The summed E-state index contributed by atoms with van der Waals surface area (Å²) in [5.74, 6) is -1.14. The highest BCUT2D eigenvalue weighted by atomic mass is 35.5. The van der Waals surface area contributed by atoms with Crippen LogP contribution in [0.2, 0.25) is 5.02 Å². The fourth-order valence-corrected chi connectivity index (χ4v) is 2.91. The van der Waals surface area contributed by atoms with Gasteiger partial charge in [0.2, 0.25) is 0 Å². The van der Waals surface area contributed by atoms with Crippen molar-refractivity contribution >= 4 is 29.1 Å². The number of rotatable bonds is 7. The van der Waals surface area contributed by atoms with Gasteiger partial charge in [-0.25, -0.2) is 0 Å². The Labute approximate surface area is 140 Å². The summed E-state index contributed by atoms with van der Waals surface area (Å²) in [6.07, 6.45) is 1.27. The van der Waals surface area contributed by atoms with Crippen LogP contribution in [0.4, 0.5) is 0 Å². The highest BCUT2D eigenvalue weighted by Gasteiger charge is 2.43. The van der Waals surface area contributed by atoms with E-state index in [1.165, 1.54) is 6.92 Å². The molecule has 2 rings (SSSR count). The van der Waals surface area contributed by atoms with Gasteiger partial charge < -0.3 is 14.7 Å². The third-order valence-corrected chi connectivity index (χ3v) is 4.44. The fraction of sp³-hybridized carbons (Fsp3) is 0.471. The Morgan fingerprint density at radius 1 is 1.39 bits per heavy atom. The first-order valence-corrected chi connectivity index (χ1v) is 7.90. The molecule has 6 heteroatoms. The van der Waals surface area contributed by atoms with Crippen molar-refractivity contribution in [1.29, 1.82) is 0 Å². The molecule has 23 heavy (non-hydrogen) atoms. The molecule has 0 radical (unpaired) electrons. The molecule has 124 valence electrons. The molecular weight excluding hydrogens is 318 g/mol. The maximum absolute atomic E-state index is 11.2. The van der Waals surface area contributed by atoms with Crippen LogP contribution in [-0.2, 0) is 14.4 Å². The molecular formula is C17H20ClNO4. The molecule has 0 saturated heterocycles. The molecule has 1 heterocycles. The second kappa shape index (κ2) is 7.13. The van der Waals surface area contributed by atoms with Crippen molar-refractivity contribution in [1.82, 2.24) is 0 Å². The van der Waals surface area contributed by atoms with E-state index in [0.29, 0.717) is 24.3 Å². The monoisotopic (exact) mass is 337 g/mol. The van der Waals surface area contributed by atoms with Crippen LogP contribution in [0.15, 0.2) is 29.4 Å². The summed E-state index contributed by atoms with van der Waals surface area (Å²) < 4.78 is 0. The van der Waals surface area contributed by atoms with Crippen LogP contribution in [0.1, 0.15) is 45.1 Å². The number of hydrogen-bond donors (Lipinski definition) is 1. The van der Waals surface area contributed by atoms with Gasteiger partial charge in [-0.3, -0.25) is 4.79 Å². The van der Waals surface area contributed by atoms with Gasteiger partial charge in [0.25, 0.3) is 0 Å². The first kappa shape index (κ1) is 17.5. The Morgan fingerprint density at radius 3 is 2.61 bits per heavy atom. The average molecular weight is 338 g/mol.